The van der Waals surface area contributed by atoms with Crippen LogP contribution in [0.25, 0.3) is 10.8 Å². The zero-order valence-electron chi connectivity index (χ0n) is 40.8. The summed E-state index contributed by atoms with van der Waals surface area (Å²) in [5.74, 6) is -1.25. The molecule has 15 heteroatoms. The van der Waals surface area contributed by atoms with Gasteiger partial charge in [-0.1, -0.05) is 78.7 Å². The second kappa shape index (κ2) is 23.3. The normalized spacial score (nSPS) is 23.8. The van der Waals surface area contributed by atoms with Crippen LogP contribution in [0.1, 0.15) is 92.6 Å². The molecule has 2 fully saturated rings. The molecule has 3 heterocycles. The van der Waals surface area contributed by atoms with Crippen LogP contribution in [0.5, 0.6) is 17.2 Å². The highest BCUT2D eigenvalue weighted by molar-refractivity contribution is 6.03. The van der Waals surface area contributed by atoms with Gasteiger partial charge in [0.2, 0.25) is 12.1 Å². The molecule has 2 aliphatic carbocycles. The predicted octanol–water partition coefficient (Wildman–Crippen LogP) is 10.9. The Morgan fingerprint density at radius 1 is 0.958 bits per heavy atom. The zero-order chi connectivity index (χ0) is 50.0. The highest BCUT2D eigenvalue weighted by atomic mass is 16.8. The number of benzene rings is 4. The summed E-state index contributed by atoms with van der Waals surface area (Å²) >= 11 is 0. The number of carbonyl (C=O) groups excluding carboxylic acids is 1. The number of aliphatic hydroxyl groups excluding tert-OH is 2. The van der Waals surface area contributed by atoms with E-state index in [1.807, 2.05) is 79.7 Å². The summed E-state index contributed by atoms with van der Waals surface area (Å²) in [5, 5.41) is 38.8. The van der Waals surface area contributed by atoms with Crippen LogP contribution in [-0.2, 0) is 27.5 Å². The molecule has 0 radical (unpaired) electrons. The first-order valence-electron chi connectivity index (χ1n) is 25.3. The Labute approximate surface area is 420 Å². The number of oxime groups is 1. The minimum Gasteiger partial charge on any atom is -0.487 e. The van der Waals surface area contributed by atoms with E-state index >= 15 is 4.79 Å². The van der Waals surface area contributed by atoms with Crippen LogP contribution in [0.2, 0.25) is 0 Å². The van der Waals surface area contributed by atoms with Crippen LogP contribution in [0.4, 0.5) is 10.5 Å². The fourth-order valence-corrected chi connectivity index (χ4v) is 11.2. The monoisotopic (exact) mass is 980 g/mol. The summed E-state index contributed by atoms with van der Waals surface area (Å²) in [6.45, 7) is 7.05. The van der Waals surface area contributed by atoms with Crippen molar-refractivity contribution in [2.45, 2.75) is 108 Å². The van der Waals surface area contributed by atoms with Crippen molar-refractivity contribution in [3.63, 3.8) is 0 Å². The molecule has 1 saturated carbocycles. The van der Waals surface area contributed by atoms with Gasteiger partial charge in [0, 0.05) is 55.4 Å². The van der Waals surface area contributed by atoms with E-state index in [1.165, 1.54) is 24.3 Å². The number of non-ortho nitro benzene ring substituents is 1. The number of allylic oxidation sites excluding steroid dienone is 1. The lowest BCUT2D eigenvalue weighted by molar-refractivity contribution is -0.384. The van der Waals surface area contributed by atoms with Gasteiger partial charge in [0.05, 0.1) is 42.0 Å². The third-order valence-corrected chi connectivity index (χ3v) is 14.5. The van der Waals surface area contributed by atoms with Crippen molar-refractivity contribution < 1.29 is 48.5 Å². The molecule has 9 rings (SSSR count). The van der Waals surface area contributed by atoms with Crippen molar-refractivity contribution in [2.24, 2.45) is 22.9 Å². The van der Waals surface area contributed by atoms with Gasteiger partial charge in [-0.3, -0.25) is 20.0 Å². The standard InChI is InChI=1S/C57H64N4O11/c1-3-31-69-57-52(60(36-41-18-13-17-39-15-4-5-20-46(39)41)56(64)70-44-25-23-43(24-26-44)61(65)66)35-50(59-72-53-22-8-11-32-67-53)48-33-40(16-6-9-29-62)47(21-7-10-30-63)54(55(48)57)49-34-45(27-28-51(49)71-57)68-37-42-19-12-14-38(2)58-42/h3-5,12-15,17-20,23-28,33-34,40,47,52-55,62-63H,1,6-11,16,21-22,29-32,35-37H2,2H3/t40-,47+,52-,53?,54+,55+,57+/m0/s1. The molecule has 4 aromatic carbocycles. The first kappa shape index (κ1) is 50.3. The highest BCUT2D eigenvalue weighted by Crippen LogP contribution is 2.62. The van der Waals surface area contributed by atoms with Gasteiger partial charge in [-0.2, -0.15) is 0 Å². The number of aromatic nitrogens is 1. The largest absolute Gasteiger partial charge is 0.487 e. The van der Waals surface area contributed by atoms with Gasteiger partial charge in [0.15, 0.2) is 0 Å². The molecule has 4 aliphatic rings. The maximum atomic E-state index is 15.4. The van der Waals surface area contributed by atoms with Crippen molar-refractivity contribution in [3.05, 3.63) is 160 Å². The Kier molecular flexibility index (Phi) is 16.3. The number of ether oxygens (including phenoxy) is 5. The molecule has 1 amide bonds. The van der Waals surface area contributed by atoms with E-state index in [-0.39, 0.29) is 68.6 Å². The molecule has 0 bridgehead atoms. The van der Waals surface area contributed by atoms with Crippen LogP contribution in [0.3, 0.4) is 0 Å². The molecule has 2 aliphatic heterocycles. The van der Waals surface area contributed by atoms with Gasteiger partial charge in [0.1, 0.15) is 29.9 Å². The van der Waals surface area contributed by atoms with Gasteiger partial charge >= 0.3 is 6.09 Å². The highest BCUT2D eigenvalue weighted by Gasteiger charge is 2.66. The van der Waals surface area contributed by atoms with E-state index in [2.05, 4.69) is 23.7 Å². The summed E-state index contributed by atoms with van der Waals surface area (Å²) in [5.41, 5.74) is 4.77. The maximum Gasteiger partial charge on any atom is 0.416 e. The number of nitro benzene ring substituents is 1. The van der Waals surface area contributed by atoms with E-state index in [1.54, 1.807) is 11.0 Å². The number of pyridine rings is 1. The van der Waals surface area contributed by atoms with E-state index in [9.17, 15) is 20.3 Å². The number of unbranched alkanes of at least 4 members (excludes halogenated alkanes) is 2. The number of aliphatic hydroxyl groups is 2. The SMILES string of the molecule is C=CCO[C@@]12Oc3ccc(OCc4cccc(C)n4)cc3[C@H]3[C@H](CCCCO)[C@@H](CCCCO)C=C(C(=NOC4CCCCO4)C[C@@H]1N(Cc1cccc4ccccc14)C(=O)Oc1ccc([N+](=O)[O-])cc1)[C@H]32. The van der Waals surface area contributed by atoms with Crippen molar-refractivity contribution in [3.8, 4) is 17.2 Å². The average molecular weight is 981 g/mol. The van der Waals surface area contributed by atoms with Gasteiger partial charge < -0.3 is 38.7 Å². The minimum absolute atomic E-state index is 0.00202. The molecule has 1 unspecified atom stereocenters. The number of aryl methyl sites for hydroxylation is 1. The third-order valence-electron chi connectivity index (χ3n) is 14.5. The van der Waals surface area contributed by atoms with E-state index in [0.717, 1.165) is 77.4 Å². The van der Waals surface area contributed by atoms with E-state index in [4.69, 9.17) is 33.7 Å². The Morgan fingerprint density at radius 2 is 1.74 bits per heavy atom. The van der Waals surface area contributed by atoms with Crippen LogP contribution >= 0.6 is 0 Å². The van der Waals surface area contributed by atoms with Gasteiger partial charge in [-0.25, -0.2) is 4.79 Å². The Hall–Kier alpha value is -6.65. The number of amides is 1. The number of hydrogen-bond acceptors (Lipinski definition) is 13. The number of fused-ring (bicyclic) bond motifs is 3. The molecule has 72 heavy (non-hydrogen) atoms. The average Bonchev–Trinajstić information content (AvgIpc) is 3.40. The Bertz CT molecular complexity index is 2750. The summed E-state index contributed by atoms with van der Waals surface area (Å²) < 4.78 is 33.6. The zero-order valence-corrected chi connectivity index (χ0v) is 40.8. The first-order valence-corrected chi connectivity index (χ1v) is 25.3. The van der Waals surface area contributed by atoms with Crippen LogP contribution < -0.4 is 14.2 Å². The van der Waals surface area contributed by atoms with Gasteiger partial charge in [-0.15, -0.1) is 6.58 Å². The molecule has 1 saturated heterocycles. The fourth-order valence-electron chi connectivity index (χ4n) is 11.2. The minimum atomic E-state index is -1.60. The molecular weight excluding hydrogens is 917 g/mol. The lowest BCUT2D eigenvalue weighted by atomic mass is 9.55. The Balaban J connectivity index is 1.25. The van der Waals surface area contributed by atoms with E-state index < -0.39 is 35.1 Å². The van der Waals surface area contributed by atoms with Crippen molar-refractivity contribution >= 4 is 28.3 Å². The van der Waals surface area contributed by atoms with Gasteiger partial charge in [-0.05, 0) is 122 Å². The molecule has 15 nitrogen and oxygen atoms in total. The number of rotatable bonds is 21. The van der Waals surface area contributed by atoms with Crippen LogP contribution in [0, 0.1) is 34.8 Å². The second-order valence-corrected chi connectivity index (χ2v) is 19.1. The van der Waals surface area contributed by atoms with Crippen molar-refractivity contribution in [2.75, 3.05) is 26.4 Å². The summed E-state index contributed by atoms with van der Waals surface area (Å²) in [6.07, 6.45) is 9.61. The lowest BCUT2D eigenvalue weighted by Crippen LogP contribution is -2.70. The number of hydrogen-bond donors (Lipinski definition) is 2. The molecule has 0 spiro atoms. The summed E-state index contributed by atoms with van der Waals surface area (Å²) in [4.78, 5) is 39.3. The molecule has 7 atom stereocenters. The van der Waals surface area contributed by atoms with Crippen LogP contribution in [-0.4, -0.2) is 81.4 Å². The molecule has 378 valence electrons. The summed E-state index contributed by atoms with van der Waals surface area (Å²) in [7, 11) is 0. The van der Waals surface area contributed by atoms with Gasteiger partial charge in [0.25, 0.3) is 5.69 Å². The molecule has 2 N–H and O–H groups in total. The van der Waals surface area contributed by atoms with E-state index in [0.29, 0.717) is 43.1 Å². The second-order valence-electron chi connectivity index (χ2n) is 19.1. The Morgan fingerprint density at radius 3 is 2.50 bits per heavy atom. The van der Waals surface area contributed by atoms with Crippen molar-refractivity contribution in [1.82, 2.24) is 9.88 Å². The number of carbonyl (C=O) groups is 1. The third kappa shape index (κ3) is 11.0. The van der Waals surface area contributed by atoms with Crippen molar-refractivity contribution in [1.29, 1.82) is 0 Å². The first-order chi connectivity index (χ1) is 35.2. The topological polar surface area (TPSA) is 185 Å². The predicted molar refractivity (Wildman–Crippen MR) is 272 cm³/mol. The fraction of sp³-hybridized carbons (Fsp3) is 0.421. The molecule has 1 aromatic heterocycles. The summed E-state index contributed by atoms with van der Waals surface area (Å²) in [6, 6.07) is 30.1. The molecule has 5 aromatic rings. The smallest absolute Gasteiger partial charge is 0.416 e. The number of nitrogens with zero attached hydrogens (tertiary/aromatic N) is 4. The molecular formula is C57H64N4O11. The maximum absolute atomic E-state index is 15.4. The number of nitro groups is 1. The lowest BCUT2D eigenvalue weighted by Gasteiger charge is -2.59. The van der Waals surface area contributed by atoms with Crippen LogP contribution in [0.15, 0.2) is 133 Å². The quantitative estimate of drug-likeness (QED) is 0.0307.